The van der Waals surface area contributed by atoms with Gasteiger partial charge < -0.3 is 10.6 Å². The fourth-order valence-corrected chi connectivity index (χ4v) is 4.67. The Kier molecular flexibility index (Phi) is 7.33. The highest BCUT2D eigenvalue weighted by atomic mass is 79.9. The van der Waals surface area contributed by atoms with Gasteiger partial charge in [-0.05, 0) is 72.9 Å². The quantitative estimate of drug-likeness (QED) is 0.300. The molecule has 0 saturated heterocycles. The zero-order chi connectivity index (χ0) is 23.5. The largest absolute Gasteiger partial charge is 0.416 e. The normalized spacial score (nSPS) is 11.7. The molecule has 0 aliphatic rings. The number of nitrogens with one attached hydrogen (secondary N) is 3. The maximum Gasteiger partial charge on any atom is 0.416 e. The molecule has 3 aromatic carbocycles. The van der Waals surface area contributed by atoms with Crippen LogP contribution < -0.4 is 15.4 Å². The van der Waals surface area contributed by atoms with E-state index in [4.69, 9.17) is 23.8 Å². The molecule has 0 aromatic heterocycles. The van der Waals surface area contributed by atoms with Crippen LogP contribution in [0.4, 0.5) is 30.2 Å². The standard InChI is InChI=1S/C20H14BrClF3N3O2S2/c21-13-4-6-14(7-5-13)28-32(29,30)18-11-16(8-9-17(18)22)27-19(31)26-15-3-1-2-12(10-15)20(23,24)25/h1-11,28H,(H2,26,27,31). The van der Waals surface area contributed by atoms with Gasteiger partial charge in [0.15, 0.2) is 5.11 Å². The minimum atomic E-state index is -4.49. The molecule has 0 heterocycles. The number of hydrogen-bond acceptors (Lipinski definition) is 3. The third-order valence-electron chi connectivity index (χ3n) is 4.02. The molecule has 32 heavy (non-hydrogen) atoms. The number of sulfonamides is 1. The molecule has 0 amide bonds. The van der Waals surface area contributed by atoms with Crippen LogP contribution in [0.15, 0.2) is 76.1 Å². The molecule has 0 spiro atoms. The Hall–Kier alpha value is -2.34. The molecule has 0 saturated carbocycles. The molecular formula is C20H14BrClF3N3O2S2. The molecule has 0 unspecified atom stereocenters. The first-order chi connectivity index (χ1) is 14.9. The number of rotatable bonds is 5. The highest BCUT2D eigenvalue weighted by Crippen LogP contribution is 2.31. The summed E-state index contributed by atoms with van der Waals surface area (Å²) in [6.45, 7) is 0. The number of anilines is 3. The van der Waals surface area contributed by atoms with Gasteiger partial charge in [0, 0.05) is 21.5 Å². The van der Waals surface area contributed by atoms with Gasteiger partial charge >= 0.3 is 6.18 Å². The van der Waals surface area contributed by atoms with E-state index in [-0.39, 0.29) is 26.4 Å². The van der Waals surface area contributed by atoms with Gasteiger partial charge in [-0.3, -0.25) is 4.72 Å². The van der Waals surface area contributed by atoms with Crippen LogP contribution in [0.5, 0.6) is 0 Å². The van der Waals surface area contributed by atoms with E-state index in [1.807, 2.05) is 0 Å². The van der Waals surface area contributed by atoms with Crippen molar-refractivity contribution in [3.63, 3.8) is 0 Å². The third kappa shape index (κ3) is 6.35. The maximum absolute atomic E-state index is 12.9. The molecule has 3 aromatic rings. The lowest BCUT2D eigenvalue weighted by Gasteiger charge is -2.14. The van der Waals surface area contributed by atoms with Crippen LogP contribution in [-0.4, -0.2) is 13.5 Å². The second-order valence-corrected chi connectivity index (χ2v) is 9.80. The summed E-state index contributed by atoms with van der Waals surface area (Å²) in [7, 11) is -4.02. The molecule has 12 heteroatoms. The summed E-state index contributed by atoms with van der Waals surface area (Å²) in [5.74, 6) is 0. The Balaban J connectivity index is 1.77. The van der Waals surface area contributed by atoms with E-state index in [1.165, 1.54) is 30.3 Å². The van der Waals surface area contributed by atoms with Gasteiger partial charge in [-0.25, -0.2) is 8.42 Å². The minimum Gasteiger partial charge on any atom is -0.332 e. The summed E-state index contributed by atoms with van der Waals surface area (Å²) >= 11 is 14.5. The second kappa shape index (κ2) is 9.65. The molecule has 5 nitrogen and oxygen atoms in total. The van der Waals surface area contributed by atoms with Crippen LogP contribution in [0.2, 0.25) is 5.02 Å². The predicted octanol–water partition coefficient (Wildman–Crippen LogP) is 6.73. The number of halogens is 5. The molecule has 0 aliphatic heterocycles. The van der Waals surface area contributed by atoms with Gasteiger partial charge in [-0.15, -0.1) is 0 Å². The van der Waals surface area contributed by atoms with Gasteiger partial charge in [0.2, 0.25) is 0 Å². The Morgan fingerprint density at radius 3 is 2.12 bits per heavy atom. The second-order valence-electron chi connectivity index (χ2n) is 6.42. The van der Waals surface area contributed by atoms with E-state index in [2.05, 4.69) is 31.3 Å². The van der Waals surface area contributed by atoms with Crippen LogP contribution in [0.25, 0.3) is 0 Å². The van der Waals surface area contributed by atoms with Crippen LogP contribution in [0.1, 0.15) is 5.56 Å². The van der Waals surface area contributed by atoms with Gasteiger partial charge in [-0.1, -0.05) is 33.6 Å². The Morgan fingerprint density at radius 2 is 1.50 bits per heavy atom. The van der Waals surface area contributed by atoms with E-state index >= 15 is 0 Å². The Labute approximate surface area is 201 Å². The Bertz CT molecular complexity index is 1250. The van der Waals surface area contributed by atoms with Crippen LogP contribution >= 0.6 is 39.7 Å². The van der Waals surface area contributed by atoms with Crippen molar-refractivity contribution >= 4 is 71.9 Å². The smallest absolute Gasteiger partial charge is 0.332 e. The van der Waals surface area contributed by atoms with E-state index in [0.29, 0.717) is 5.69 Å². The summed E-state index contributed by atoms with van der Waals surface area (Å²) < 4.78 is 67.4. The third-order valence-corrected chi connectivity index (χ3v) is 6.62. The molecule has 0 radical (unpaired) electrons. The van der Waals surface area contributed by atoms with Crippen LogP contribution in [0.3, 0.4) is 0 Å². The van der Waals surface area contributed by atoms with Crippen molar-refractivity contribution in [1.29, 1.82) is 0 Å². The average molecular weight is 565 g/mol. The highest BCUT2D eigenvalue weighted by molar-refractivity contribution is 9.10. The molecule has 3 rings (SSSR count). The fourth-order valence-electron chi connectivity index (χ4n) is 2.58. The first-order valence-electron chi connectivity index (χ1n) is 8.77. The molecule has 3 N–H and O–H groups in total. The number of thiocarbonyl (C=S) groups is 1. The first-order valence-corrected chi connectivity index (χ1v) is 11.8. The fraction of sp³-hybridized carbons (Fsp3) is 0.0500. The van der Waals surface area contributed by atoms with Gasteiger partial charge in [0.25, 0.3) is 10.0 Å². The molecule has 168 valence electrons. The van der Waals surface area contributed by atoms with E-state index in [0.717, 1.165) is 16.6 Å². The molecule has 0 atom stereocenters. The number of benzene rings is 3. The summed E-state index contributed by atoms with van der Waals surface area (Å²) in [6.07, 6.45) is -4.49. The summed E-state index contributed by atoms with van der Waals surface area (Å²) in [6, 6.07) is 15.1. The predicted molar refractivity (Wildman–Crippen MR) is 128 cm³/mol. The van der Waals surface area contributed by atoms with Crippen molar-refractivity contribution in [2.24, 2.45) is 0 Å². The van der Waals surface area contributed by atoms with Gasteiger partial charge in [0.1, 0.15) is 4.90 Å². The number of alkyl halides is 3. The maximum atomic E-state index is 12.9. The van der Waals surface area contributed by atoms with Crippen molar-refractivity contribution < 1.29 is 21.6 Å². The average Bonchev–Trinajstić information content (AvgIpc) is 2.70. The van der Waals surface area contributed by atoms with Crippen molar-refractivity contribution in [3.8, 4) is 0 Å². The topological polar surface area (TPSA) is 70.2 Å². The van der Waals surface area contributed by atoms with Crippen molar-refractivity contribution in [2.45, 2.75) is 11.1 Å². The molecule has 0 aliphatic carbocycles. The molecule has 0 bridgehead atoms. The molecule has 0 fully saturated rings. The highest BCUT2D eigenvalue weighted by Gasteiger charge is 2.30. The molecular weight excluding hydrogens is 551 g/mol. The van der Waals surface area contributed by atoms with Crippen molar-refractivity contribution in [2.75, 3.05) is 15.4 Å². The van der Waals surface area contributed by atoms with E-state index in [9.17, 15) is 21.6 Å². The lowest BCUT2D eigenvalue weighted by atomic mass is 10.2. The van der Waals surface area contributed by atoms with E-state index < -0.39 is 21.8 Å². The van der Waals surface area contributed by atoms with E-state index in [1.54, 1.807) is 24.3 Å². The summed E-state index contributed by atoms with van der Waals surface area (Å²) in [5, 5.41) is 5.33. The minimum absolute atomic E-state index is 0.0167. The monoisotopic (exact) mass is 563 g/mol. The first kappa shape index (κ1) is 24.3. The zero-order valence-electron chi connectivity index (χ0n) is 15.9. The SMILES string of the molecule is O=S(=O)(Nc1ccc(Br)cc1)c1cc(NC(=S)Nc2cccc(C(F)(F)F)c2)ccc1Cl. The van der Waals surface area contributed by atoms with Crippen LogP contribution in [0, 0.1) is 0 Å². The summed E-state index contributed by atoms with van der Waals surface area (Å²) in [5.41, 5.74) is -0.0975. The summed E-state index contributed by atoms with van der Waals surface area (Å²) in [4.78, 5) is -0.200. The van der Waals surface area contributed by atoms with Gasteiger partial charge in [-0.2, -0.15) is 13.2 Å². The van der Waals surface area contributed by atoms with Gasteiger partial charge in [0.05, 0.1) is 10.6 Å². The zero-order valence-corrected chi connectivity index (χ0v) is 19.8. The number of hydrogen-bond donors (Lipinski definition) is 3. The Morgan fingerprint density at radius 1 is 0.906 bits per heavy atom. The lowest BCUT2D eigenvalue weighted by molar-refractivity contribution is -0.137. The van der Waals surface area contributed by atoms with Crippen molar-refractivity contribution in [1.82, 2.24) is 0 Å². The lowest BCUT2D eigenvalue weighted by Crippen LogP contribution is -2.20. The van der Waals surface area contributed by atoms with Crippen LogP contribution in [-0.2, 0) is 16.2 Å². The van der Waals surface area contributed by atoms with Crippen molar-refractivity contribution in [3.05, 3.63) is 81.8 Å².